The molecule has 0 amide bonds. The molecule has 0 aliphatic rings. The highest BCUT2D eigenvalue weighted by Crippen LogP contribution is 1.99. The van der Waals surface area contributed by atoms with Crippen molar-refractivity contribution >= 4 is 23.2 Å². The summed E-state index contributed by atoms with van der Waals surface area (Å²) < 4.78 is 0. The number of Topliss-reactive ketones (excluding diaryl/α,β-unsaturated/α-hetero) is 1. The van der Waals surface area contributed by atoms with E-state index < -0.39 is 0 Å². The first-order valence-corrected chi connectivity index (χ1v) is 4.21. The van der Waals surface area contributed by atoms with E-state index in [4.69, 9.17) is 0 Å². The molecule has 0 fully saturated rings. The van der Waals surface area contributed by atoms with Gasteiger partial charge >= 0.3 is 0 Å². The van der Waals surface area contributed by atoms with Crippen molar-refractivity contribution in [2.24, 2.45) is 4.99 Å². The Labute approximate surface area is 72.7 Å². The van der Waals surface area contributed by atoms with Crippen LogP contribution in [0, 0.1) is 0 Å². The van der Waals surface area contributed by atoms with Gasteiger partial charge in [0, 0.05) is 13.0 Å². The number of carbonyl (C=O) groups is 1. The largest absolute Gasteiger partial charge is 0.300 e. The fraction of sp³-hybridized carbons (Fsp3) is 0.750. The summed E-state index contributed by atoms with van der Waals surface area (Å²) in [4.78, 5) is 14.2. The molecule has 0 bridgehead atoms. The van der Waals surface area contributed by atoms with Gasteiger partial charge in [0.15, 0.2) is 0 Å². The molecule has 0 spiro atoms. The Morgan fingerprint density at radius 1 is 1.45 bits per heavy atom. The zero-order chi connectivity index (χ0) is 8.53. The third kappa shape index (κ3) is 9.47. The van der Waals surface area contributed by atoms with Crippen LogP contribution in [0.3, 0.4) is 0 Å². The molecule has 62 valence electrons. The van der Waals surface area contributed by atoms with Gasteiger partial charge in [0.25, 0.3) is 0 Å². The second-order valence-electron chi connectivity index (χ2n) is 2.49. The molecule has 0 aromatic heterocycles. The molecule has 0 N–H and O–H groups in total. The second kappa shape index (κ2) is 7.58. The fourth-order valence-electron chi connectivity index (χ4n) is 0.787. The minimum atomic E-state index is 0.267. The number of hydrogen-bond acceptors (Lipinski definition) is 3. The van der Waals surface area contributed by atoms with E-state index in [-0.39, 0.29) is 5.78 Å². The van der Waals surface area contributed by atoms with E-state index in [0.717, 1.165) is 25.8 Å². The molecule has 0 aromatic rings. The van der Waals surface area contributed by atoms with Gasteiger partial charge in [0.1, 0.15) is 5.78 Å². The van der Waals surface area contributed by atoms with E-state index in [0.29, 0.717) is 6.42 Å². The summed E-state index contributed by atoms with van der Waals surface area (Å²) >= 11 is 4.40. The van der Waals surface area contributed by atoms with Gasteiger partial charge in [-0.1, -0.05) is 6.42 Å². The monoisotopic (exact) mass is 171 g/mol. The molecular formula is C8H13NOS. The lowest BCUT2D eigenvalue weighted by Crippen LogP contribution is -1.89. The van der Waals surface area contributed by atoms with E-state index in [2.05, 4.69) is 22.4 Å². The molecule has 11 heavy (non-hydrogen) atoms. The van der Waals surface area contributed by atoms with Crippen molar-refractivity contribution < 1.29 is 4.79 Å². The molecule has 0 atom stereocenters. The summed E-state index contributed by atoms with van der Waals surface area (Å²) in [7, 11) is 0. The van der Waals surface area contributed by atoms with Crippen LogP contribution >= 0.6 is 12.2 Å². The molecule has 2 nitrogen and oxygen atoms in total. The Hall–Kier alpha value is -0.530. The van der Waals surface area contributed by atoms with E-state index in [1.807, 2.05) is 0 Å². The number of isothiocyanates is 1. The third-order valence-corrected chi connectivity index (χ3v) is 1.49. The Morgan fingerprint density at radius 2 is 2.18 bits per heavy atom. The second-order valence-corrected chi connectivity index (χ2v) is 2.67. The molecule has 0 aromatic carbocycles. The van der Waals surface area contributed by atoms with Crippen LogP contribution in [0.4, 0.5) is 0 Å². The molecule has 0 aliphatic heterocycles. The van der Waals surface area contributed by atoms with Crippen molar-refractivity contribution in [1.29, 1.82) is 0 Å². The average Bonchev–Trinajstić information content (AvgIpc) is 1.96. The number of carbonyl (C=O) groups excluding carboxylic acids is 1. The lowest BCUT2D eigenvalue weighted by Gasteiger charge is -1.93. The summed E-state index contributed by atoms with van der Waals surface area (Å²) in [5.74, 6) is 0.267. The van der Waals surface area contributed by atoms with Crippen molar-refractivity contribution in [2.75, 3.05) is 6.54 Å². The lowest BCUT2D eigenvalue weighted by atomic mass is 10.1. The fourth-order valence-corrected chi connectivity index (χ4v) is 0.879. The van der Waals surface area contributed by atoms with Crippen LogP contribution in [-0.4, -0.2) is 17.5 Å². The van der Waals surface area contributed by atoms with E-state index in [9.17, 15) is 4.79 Å². The SMILES string of the molecule is CC(=O)CCCCCN=C=S. The molecule has 0 unspecified atom stereocenters. The zero-order valence-electron chi connectivity index (χ0n) is 6.80. The first-order chi connectivity index (χ1) is 5.27. The van der Waals surface area contributed by atoms with Gasteiger partial charge in [-0.3, -0.25) is 0 Å². The van der Waals surface area contributed by atoms with Crippen molar-refractivity contribution in [1.82, 2.24) is 0 Å². The third-order valence-electron chi connectivity index (χ3n) is 1.36. The van der Waals surface area contributed by atoms with E-state index in [1.165, 1.54) is 0 Å². The highest BCUT2D eigenvalue weighted by atomic mass is 32.1. The van der Waals surface area contributed by atoms with Crippen LogP contribution in [0.2, 0.25) is 0 Å². The topological polar surface area (TPSA) is 29.4 Å². The molecule has 3 heteroatoms. The smallest absolute Gasteiger partial charge is 0.129 e. The molecule has 0 saturated heterocycles. The Bertz CT molecular complexity index is 157. The number of unbranched alkanes of at least 4 members (excludes halogenated alkanes) is 2. The number of aliphatic imine (C=N–C) groups is 1. The van der Waals surface area contributed by atoms with Gasteiger partial charge in [0.05, 0.1) is 5.16 Å². The number of nitrogens with zero attached hydrogens (tertiary/aromatic N) is 1. The summed E-state index contributed by atoms with van der Waals surface area (Å²) in [5.41, 5.74) is 0. The van der Waals surface area contributed by atoms with Crippen LogP contribution < -0.4 is 0 Å². The predicted molar refractivity (Wildman–Crippen MR) is 49.0 cm³/mol. The van der Waals surface area contributed by atoms with Crippen LogP contribution in [0.5, 0.6) is 0 Å². The lowest BCUT2D eigenvalue weighted by molar-refractivity contribution is -0.117. The minimum Gasteiger partial charge on any atom is -0.300 e. The van der Waals surface area contributed by atoms with Gasteiger partial charge in [0.2, 0.25) is 0 Å². The van der Waals surface area contributed by atoms with Gasteiger partial charge in [-0.15, -0.1) is 0 Å². The quantitative estimate of drug-likeness (QED) is 0.348. The maximum Gasteiger partial charge on any atom is 0.129 e. The highest BCUT2D eigenvalue weighted by Gasteiger charge is 1.92. The summed E-state index contributed by atoms with van der Waals surface area (Å²) in [5, 5.41) is 2.31. The predicted octanol–water partition coefficient (Wildman–Crippen LogP) is 2.24. The zero-order valence-corrected chi connectivity index (χ0v) is 7.62. The van der Waals surface area contributed by atoms with Crippen molar-refractivity contribution in [3.8, 4) is 0 Å². The van der Waals surface area contributed by atoms with Crippen molar-refractivity contribution in [3.05, 3.63) is 0 Å². The van der Waals surface area contributed by atoms with Gasteiger partial charge in [-0.05, 0) is 32.0 Å². The van der Waals surface area contributed by atoms with Crippen LogP contribution in [0.1, 0.15) is 32.6 Å². The standard InChI is InChI=1S/C8H13NOS/c1-8(10)5-3-2-4-6-9-7-11/h2-6H2,1H3. The van der Waals surface area contributed by atoms with Crippen molar-refractivity contribution in [3.63, 3.8) is 0 Å². The van der Waals surface area contributed by atoms with Gasteiger partial charge < -0.3 is 4.79 Å². The van der Waals surface area contributed by atoms with Gasteiger partial charge in [-0.25, -0.2) is 4.99 Å². The molecule has 0 saturated carbocycles. The number of thiocarbonyl (C=S) groups is 1. The molecule has 0 heterocycles. The molecule has 0 radical (unpaired) electrons. The van der Waals surface area contributed by atoms with Crippen LogP contribution in [0.25, 0.3) is 0 Å². The number of rotatable bonds is 6. The van der Waals surface area contributed by atoms with Crippen LogP contribution in [0.15, 0.2) is 4.99 Å². The van der Waals surface area contributed by atoms with E-state index in [1.54, 1.807) is 6.92 Å². The average molecular weight is 171 g/mol. The summed E-state index contributed by atoms with van der Waals surface area (Å²) in [6.45, 7) is 2.37. The first-order valence-electron chi connectivity index (χ1n) is 3.80. The summed E-state index contributed by atoms with van der Waals surface area (Å²) in [6.07, 6.45) is 3.74. The number of hydrogen-bond donors (Lipinski definition) is 0. The minimum absolute atomic E-state index is 0.267. The number of ketones is 1. The molecular weight excluding hydrogens is 158 g/mol. The summed E-state index contributed by atoms with van der Waals surface area (Å²) in [6, 6.07) is 0. The normalized spacial score (nSPS) is 8.82. The van der Waals surface area contributed by atoms with Gasteiger partial charge in [-0.2, -0.15) is 0 Å². The Kier molecular flexibility index (Phi) is 7.21. The maximum atomic E-state index is 10.5. The maximum absolute atomic E-state index is 10.5. The van der Waals surface area contributed by atoms with Crippen molar-refractivity contribution in [2.45, 2.75) is 32.6 Å². The first kappa shape index (κ1) is 10.5. The Morgan fingerprint density at radius 3 is 2.73 bits per heavy atom. The molecule has 0 aliphatic carbocycles. The molecule has 0 rings (SSSR count). The van der Waals surface area contributed by atoms with E-state index >= 15 is 0 Å². The highest BCUT2D eigenvalue weighted by molar-refractivity contribution is 7.78. The van der Waals surface area contributed by atoms with Crippen LogP contribution in [-0.2, 0) is 4.79 Å². The Balaban J connectivity index is 3.02.